The summed E-state index contributed by atoms with van der Waals surface area (Å²) >= 11 is 3.35. The molecule has 0 radical (unpaired) electrons. The topological polar surface area (TPSA) is 45.8 Å². The van der Waals surface area contributed by atoms with Crippen LogP contribution in [0.5, 0.6) is 0 Å². The van der Waals surface area contributed by atoms with E-state index in [0.717, 1.165) is 23.2 Å². The standard InChI is InChI=1S/C17H21BrN2O/c1-9(2)6-14-15(18)17(21)20-16(19-14)13-8-11(4)10(3)7-12(13)5/h7-9H,6H2,1-5H3,(H,19,20,21). The first-order valence-corrected chi connectivity index (χ1v) is 7.95. The molecular formula is C17H21BrN2O. The zero-order chi connectivity index (χ0) is 15.7. The van der Waals surface area contributed by atoms with E-state index in [0.29, 0.717) is 16.2 Å². The summed E-state index contributed by atoms with van der Waals surface area (Å²) in [6, 6.07) is 4.23. The summed E-state index contributed by atoms with van der Waals surface area (Å²) in [7, 11) is 0. The van der Waals surface area contributed by atoms with E-state index in [-0.39, 0.29) is 5.56 Å². The fraction of sp³-hybridized carbons (Fsp3) is 0.412. The van der Waals surface area contributed by atoms with Crippen LogP contribution >= 0.6 is 15.9 Å². The highest BCUT2D eigenvalue weighted by Gasteiger charge is 2.13. The predicted molar refractivity (Wildman–Crippen MR) is 90.7 cm³/mol. The Morgan fingerprint density at radius 2 is 1.76 bits per heavy atom. The summed E-state index contributed by atoms with van der Waals surface area (Å²) in [5.41, 5.74) is 5.27. The molecule has 21 heavy (non-hydrogen) atoms. The summed E-state index contributed by atoms with van der Waals surface area (Å²) < 4.78 is 0.543. The first-order chi connectivity index (χ1) is 9.79. The molecule has 0 amide bonds. The largest absolute Gasteiger partial charge is 0.306 e. The maximum Gasteiger partial charge on any atom is 0.265 e. The van der Waals surface area contributed by atoms with Crippen molar-refractivity contribution in [3.05, 3.63) is 49.3 Å². The van der Waals surface area contributed by atoms with E-state index in [1.165, 1.54) is 11.1 Å². The molecule has 1 aromatic heterocycles. The lowest BCUT2D eigenvalue weighted by Crippen LogP contribution is -2.15. The quantitative estimate of drug-likeness (QED) is 0.897. The van der Waals surface area contributed by atoms with Crippen LogP contribution in [0.15, 0.2) is 21.4 Å². The molecule has 1 N–H and O–H groups in total. The number of nitrogens with zero attached hydrogens (tertiary/aromatic N) is 1. The van der Waals surface area contributed by atoms with Gasteiger partial charge >= 0.3 is 0 Å². The predicted octanol–water partition coefficient (Wildman–Crippen LogP) is 4.32. The first-order valence-electron chi connectivity index (χ1n) is 7.16. The van der Waals surface area contributed by atoms with E-state index in [1.54, 1.807) is 0 Å². The Labute approximate surface area is 134 Å². The van der Waals surface area contributed by atoms with Crippen molar-refractivity contribution in [2.45, 2.75) is 41.0 Å². The molecule has 1 heterocycles. The lowest BCUT2D eigenvalue weighted by atomic mass is 10.00. The van der Waals surface area contributed by atoms with Gasteiger partial charge in [0.25, 0.3) is 5.56 Å². The summed E-state index contributed by atoms with van der Waals surface area (Å²) in [5.74, 6) is 1.10. The van der Waals surface area contributed by atoms with E-state index >= 15 is 0 Å². The van der Waals surface area contributed by atoms with E-state index < -0.39 is 0 Å². The minimum atomic E-state index is -0.117. The molecule has 0 atom stereocenters. The number of benzene rings is 1. The summed E-state index contributed by atoms with van der Waals surface area (Å²) in [4.78, 5) is 19.7. The third-order valence-corrected chi connectivity index (χ3v) is 4.45. The van der Waals surface area contributed by atoms with E-state index in [9.17, 15) is 4.79 Å². The third kappa shape index (κ3) is 3.43. The number of rotatable bonds is 3. The molecule has 0 saturated heterocycles. The van der Waals surface area contributed by atoms with Gasteiger partial charge in [-0.2, -0.15) is 0 Å². The van der Waals surface area contributed by atoms with Gasteiger partial charge in [0, 0.05) is 5.56 Å². The second kappa shape index (κ2) is 6.14. The van der Waals surface area contributed by atoms with E-state index in [2.05, 4.69) is 65.7 Å². The molecule has 0 bridgehead atoms. The van der Waals surface area contributed by atoms with Crippen LogP contribution in [0.3, 0.4) is 0 Å². The molecule has 0 saturated carbocycles. The smallest absolute Gasteiger partial charge is 0.265 e. The van der Waals surface area contributed by atoms with Gasteiger partial charge in [-0.05, 0) is 71.8 Å². The molecule has 0 unspecified atom stereocenters. The SMILES string of the molecule is Cc1cc(C)c(-c2nc(CC(C)C)c(Br)c(=O)[nH]2)cc1C. The number of aryl methyl sites for hydroxylation is 3. The maximum atomic E-state index is 12.1. The molecule has 0 aliphatic rings. The van der Waals surface area contributed by atoms with Gasteiger partial charge in [0.05, 0.1) is 5.69 Å². The summed E-state index contributed by atoms with van der Waals surface area (Å²) in [5, 5.41) is 0. The van der Waals surface area contributed by atoms with E-state index in [1.807, 2.05) is 6.92 Å². The van der Waals surface area contributed by atoms with Crippen LogP contribution in [-0.2, 0) is 6.42 Å². The number of nitrogens with one attached hydrogen (secondary N) is 1. The third-order valence-electron chi connectivity index (χ3n) is 3.63. The number of hydrogen-bond acceptors (Lipinski definition) is 2. The molecule has 3 nitrogen and oxygen atoms in total. The van der Waals surface area contributed by atoms with Crippen molar-refractivity contribution in [2.24, 2.45) is 5.92 Å². The molecule has 0 aliphatic carbocycles. The van der Waals surface area contributed by atoms with Crippen molar-refractivity contribution < 1.29 is 0 Å². The number of halogens is 1. The van der Waals surface area contributed by atoms with Gasteiger partial charge in [-0.1, -0.05) is 19.9 Å². The highest BCUT2D eigenvalue weighted by atomic mass is 79.9. The molecule has 0 aliphatic heterocycles. The van der Waals surface area contributed by atoms with Crippen molar-refractivity contribution in [1.82, 2.24) is 9.97 Å². The molecule has 2 rings (SSSR count). The molecular weight excluding hydrogens is 328 g/mol. The summed E-state index contributed by atoms with van der Waals surface area (Å²) in [6.07, 6.45) is 0.779. The van der Waals surface area contributed by atoms with Crippen molar-refractivity contribution in [3.63, 3.8) is 0 Å². The van der Waals surface area contributed by atoms with Gasteiger partial charge in [-0.3, -0.25) is 4.79 Å². The Hall–Kier alpha value is -1.42. The van der Waals surface area contributed by atoms with Crippen LogP contribution in [0, 0.1) is 26.7 Å². The van der Waals surface area contributed by atoms with Gasteiger partial charge in [-0.15, -0.1) is 0 Å². The lowest BCUT2D eigenvalue weighted by molar-refractivity contribution is 0.631. The highest BCUT2D eigenvalue weighted by molar-refractivity contribution is 9.10. The summed E-state index contributed by atoms with van der Waals surface area (Å²) in [6.45, 7) is 10.5. The average Bonchev–Trinajstić information content (AvgIpc) is 2.38. The zero-order valence-electron chi connectivity index (χ0n) is 13.2. The molecule has 0 fully saturated rings. The Balaban J connectivity index is 2.62. The monoisotopic (exact) mass is 348 g/mol. The Bertz CT molecular complexity index is 732. The number of hydrogen-bond donors (Lipinski definition) is 1. The van der Waals surface area contributed by atoms with Gasteiger partial charge < -0.3 is 4.98 Å². The molecule has 1 aromatic carbocycles. The van der Waals surface area contributed by atoms with Crippen molar-refractivity contribution in [2.75, 3.05) is 0 Å². The Morgan fingerprint density at radius 3 is 2.38 bits per heavy atom. The van der Waals surface area contributed by atoms with Crippen LogP contribution in [0.1, 0.15) is 36.2 Å². The van der Waals surface area contributed by atoms with Gasteiger partial charge in [0.1, 0.15) is 10.3 Å². The molecule has 0 spiro atoms. The Morgan fingerprint density at radius 1 is 1.14 bits per heavy atom. The number of H-pyrrole nitrogens is 1. The van der Waals surface area contributed by atoms with Crippen LogP contribution in [0.4, 0.5) is 0 Å². The molecule has 112 valence electrons. The zero-order valence-corrected chi connectivity index (χ0v) is 14.8. The Kier molecular flexibility index (Phi) is 4.67. The van der Waals surface area contributed by atoms with Gasteiger partial charge in [0.2, 0.25) is 0 Å². The van der Waals surface area contributed by atoms with Crippen molar-refractivity contribution in [3.8, 4) is 11.4 Å². The van der Waals surface area contributed by atoms with Crippen molar-refractivity contribution >= 4 is 15.9 Å². The van der Waals surface area contributed by atoms with E-state index in [4.69, 9.17) is 0 Å². The molecule has 4 heteroatoms. The maximum absolute atomic E-state index is 12.1. The second-order valence-electron chi connectivity index (χ2n) is 6.02. The van der Waals surface area contributed by atoms with Crippen molar-refractivity contribution in [1.29, 1.82) is 0 Å². The van der Waals surface area contributed by atoms with Gasteiger partial charge in [0.15, 0.2) is 0 Å². The lowest BCUT2D eigenvalue weighted by Gasteiger charge is -2.12. The minimum absolute atomic E-state index is 0.117. The number of aromatic amines is 1. The molecule has 2 aromatic rings. The van der Waals surface area contributed by atoms with Crippen LogP contribution < -0.4 is 5.56 Å². The first kappa shape index (κ1) is 16.0. The fourth-order valence-corrected chi connectivity index (χ4v) is 2.72. The number of aromatic nitrogens is 2. The average molecular weight is 349 g/mol. The second-order valence-corrected chi connectivity index (χ2v) is 6.82. The minimum Gasteiger partial charge on any atom is -0.306 e. The normalized spacial score (nSPS) is 11.2. The highest BCUT2D eigenvalue weighted by Crippen LogP contribution is 2.25. The fourth-order valence-electron chi connectivity index (χ4n) is 2.37. The van der Waals surface area contributed by atoms with Crippen LogP contribution in [-0.4, -0.2) is 9.97 Å². The van der Waals surface area contributed by atoms with Crippen LogP contribution in [0.2, 0.25) is 0 Å². The van der Waals surface area contributed by atoms with Gasteiger partial charge in [-0.25, -0.2) is 4.98 Å². The van der Waals surface area contributed by atoms with Crippen LogP contribution in [0.25, 0.3) is 11.4 Å².